The molecular weight excluding hydrogens is 372 g/mol. The van der Waals surface area contributed by atoms with E-state index in [1.165, 1.54) is 0 Å². The first-order valence-corrected chi connectivity index (χ1v) is 10.0. The number of rotatable bonds is 6. The molecule has 1 aromatic heterocycles. The zero-order chi connectivity index (χ0) is 20.1. The van der Waals surface area contributed by atoms with E-state index in [1.54, 1.807) is 30.6 Å². The highest BCUT2D eigenvalue weighted by Crippen LogP contribution is 2.33. The molecule has 2 aromatic rings. The number of carbonyl (C=O) groups is 1. The van der Waals surface area contributed by atoms with E-state index in [4.69, 9.17) is 18.9 Å². The summed E-state index contributed by atoms with van der Waals surface area (Å²) in [6.45, 7) is 5.30. The second-order valence-corrected chi connectivity index (χ2v) is 7.14. The highest BCUT2D eigenvalue weighted by atomic mass is 16.7. The highest BCUT2D eigenvalue weighted by Gasteiger charge is 2.40. The molecule has 0 bridgehead atoms. The van der Waals surface area contributed by atoms with Crippen LogP contribution in [-0.4, -0.2) is 54.5 Å². The third-order valence-corrected chi connectivity index (χ3v) is 5.26. The van der Waals surface area contributed by atoms with Crippen molar-refractivity contribution in [1.82, 2.24) is 9.88 Å². The molecule has 0 saturated carbocycles. The van der Waals surface area contributed by atoms with Crippen molar-refractivity contribution in [3.8, 4) is 11.5 Å². The summed E-state index contributed by atoms with van der Waals surface area (Å²) < 4.78 is 23.1. The molecule has 0 radical (unpaired) electrons. The van der Waals surface area contributed by atoms with Gasteiger partial charge >= 0.3 is 0 Å². The Labute approximate surface area is 170 Å². The van der Waals surface area contributed by atoms with Gasteiger partial charge < -0.3 is 23.8 Å². The molecule has 2 saturated heterocycles. The SMILES string of the molecule is CCOc1cc(C(=O)N2CCC3(CC2)OCCO3)ccc1OCc1ccncc1. The fourth-order valence-corrected chi connectivity index (χ4v) is 3.69. The first kappa shape index (κ1) is 19.7. The molecular formula is C22H26N2O5. The van der Waals surface area contributed by atoms with Crippen LogP contribution in [0.1, 0.15) is 35.7 Å². The lowest BCUT2D eigenvalue weighted by Gasteiger charge is -2.37. The van der Waals surface area contributed by atoms with Crippen LogP contribution in [0, 0.1) is 0 Å². The Hall–Kier alpha value is -2.64. The average molecular weight is 398 g/mol. The van der Waals surface area contributed by atoms with Crippen LogP contribution in [0.25, 0.3) is 0 Å². The van der Waals surface area contributed by atoms with Gasteiger partial charge in [0, 0.05) is 43.9 Å². The number of hydrogen-bond donors (Lipinski definition) is 0. The number of nitrogens with zero attached hydrogens (tertiary/aromatic N) is 2. The van der Waals surface area contributed by atoms with Gasteiger partial charge in [-0.05, 0) is 42.8 Å². The predicted octanol–water partition coefficient (Wildman–Crippen LogP) is 3.04. The number of aromatic nitrogens is 1. The molecule has 29 heavy (non-hydrogen) atoms. The van der Waals surface area contributed by atoms with E-state index >= 15 is 0 Å². The van der Waals surface area contributed by atoms with E-state index in [2.05, 4.69) is 4.98 Å². The van der Waals surface area contributed by atoms with Gasteiger partial charge in [0.25, 0.3) is 5.91 Å². The molecule has 0 atom stereocenters. The summed E-state index contributed by atoms with van der Waals surface area (Å²) in [7, 11) is 0. The largest absolute Gasteiger partial charge is 0.490 e. The van der Waals surface area contributed by atoms with Crippen LogP contribution in [-0.2, 0) is 16.1 Å². The van der Waals surface area contributed by atoms with Crippen molar-refractivity contribution in [3.63, 3.8) is 0 Å². The third kappa shape index (κ3) is 4.52. The fraction of sp³-hybridized carbons (Fsp3) is 0.455. The van der Waals surface area contributed by atoms with Crippen LogP contribution in [0.2, 0.25) is 0 Å². The maximum Gasteiger partial charge on any atom is 0.253 e. The molecule has 154 valence electrons. The molecule has 1 amide bonds. The topological polar surface area (TPSA) is 70.1 Å². The minimum absolute atomic E-state index is 0.0144. The van der Waals surface area contributed by atoms with Gasteiger partial charge in [0.2, 0.25) is 0 Å². The zero-order valence-corrected chi connectivity index (χ0v) is 16.6. The molecule has 0 N–H and O–H groups in total. The monoisotopic (exact) mass is 398 g/mol. The van der Waals surface area contributed by atoms with Crippen molar-refractivity contribution < 1.29 is 23.7 Å². The van der Waals surface area contributed by atoms with E-state index in [9.17, 15) is 4.79 Å². The summed E-state index contributed by atoms with van der Waals surface area (Å²) in [6.07, 6.45) is 4.86. The van der Waals surface area contributed by atoms with Crippen LogP contribution >= 0.6 is 0 Å². The number of carbonyl (C=O) groups excluding carboxylic acids is 1. The standard InChI is InChI=1S/C22H26N2O5/c1-2-26-20-15-18(3-4-19(20)27-16-17-5-9-23-10-6-17)21(25)24-11-7-22(8-12-24)28-13-14-29-22/h3-6,9-10,15H,2,7-8,11-14,16H2,1H3. The van der Waals surface area contributed by atoms with E-state index < -0.39 is 5.79 Å². The summed E-state index contributed by atoms with van der Waals surface area (Å²) in [6, 6.07) is 9.16. The first-order valence-electron chi connectivity index (χ1n) is 10.0. The Kier molecular flexibility index (Phi) is 5.97. The van der Waals surface area contributed by atoms with Gasteiger partial charge in [0.15, 0.2) is 17.3 Å². The molecule has 0 aliphatic carbocycles. The van der Waals surface area contributed by atoms with E-state index in [0.29, 0.717) is 69.4 Å². The van der Waals surface area contributed by atoms with Crippen molar-refractivity contribution in [3.05, 3.63) is 53.9 Å². The minimum Gasteiger partial charge on any atom is -0.490 e. The van der Waals surface area contributed by atoms with Crippen LogP contribution < -0.4 is 9.47 Å². The molecule has 1 aromatic carbocycles. The lowest BCUT2D eigenvalue weighted by atomic mass is 10.0. The number of piperidine rings is 1. The lowest BCUT2D eigenvalue weighted by Crippen LogP contribution is -2.47. The Balaban J connectivity index is 1.43. The fourth-order valence-electron chi connectivity index (χ4n) is 3.69. The normalized spacial score (nSPS) is 18.0. The number of benzene rings is 1. The molecule has 7 nitrogen and oxygen atoms in total. The Morgan fingerprint density at radius 3 is 2.48 bits per heavy atom. The molecule has 7 heteroatoms. The van der Waals surface area contributed by atoms with Crippen LogP contribution in [0.4, 0.5) is 0 Å². The summed E-state index contributed by atoms with van der Waals surface area (Å²) >= 11 is 0. The third-order valence-electron chi connectivity index (χ3n) is 5.26. The average Bonchev–Trinajstić information content (AvgIpc) is 3.22. The van der Waals surface area contributed by atoms with Gasteiger partial charge in [-0.3, -0.25) is 9.78 Å². The second-order valence-electron chi connectivity index (χ2n) is 7.14. The van der Waals surface area contributed by atoms with E-state index in [-0.39, 0.29) is 5.91 Å². The second kappa shape index (κ2) is 8.80. The minimum atomic E-state index is -0.488. The van der Waals surface area contributed by atoms with Crippen LogP contribution in [0.15, 0.2) is 42.7 Å². The number of likely N-dealkylation sites (tertiary alicyclic amines) is 1. The van der Waals surface area contributed by atoms with Gasteiger partial charge in [-0.25, -0.2) is 0 Å². The molecule has 4 rings (SSSR count). The van der Waals surface area contributed by atoms with Gasteiger partial charge in [-0.1, -0.05) is 0 Å². The number of pyridine rings is 1. The number of hydrogen-bond acceptors (Lipinski definition) is 6. The zero-order valence-electron chi connectivity index (χ0n) is 16.6. The van der Waals surface area contributed by atoms with Crippen molar-refractivity contribution in [1.29, 1.82) is 0 Å². The predicted molar refractivity (Wildman–Crippen MR) is 106 cm³/mol. The van der Waals surface area contributed by atoms with Crippen molar-refractivity contribution >= 4 is 5.91 Å². The van der Waals surface area contributed by atoms with Crippen molar-refractivity contribution in [2.75, 3.05) is 32.9 Å². The molecule has 2 aliphatic rings. The van der Waals surface area contributed by atoms with Crippen molar-refractivity contribution in [2.45, 2.75) is 32.2 Å². The first-order chi connectivity index (χ1) is 14.2. The summed E-state index contributed by atoms with van der Waals surface area (Å²) in [5.41, 5.74) is 1.61. The molecule has 2 fully saturated rings. The molecule has 1 spiro atoms. The van der Waals surface area contributed by atoms with Crippen LogP contribution in [0.3, 0.4) is 0 Å². The Morgan fingerprint density at radius 1 is 1.07 bits per heavy atom. The van der Waals surface area contributed by atoms with Gasteiger partial charge in [-0.2, -0.15) is 0 Å². The molecule has 2 aliphatic heterocycles. The van der Waals surface area contributed by atoms with Crippen LogP contribution in [0.5, 0.6) is 11.5 Å². The summed E-state index contributed by atoms with van der Waals surface area (Å²) in [5, 5.41) is 0. The van der Waals surface area contributed by atoms with Gasteiger partial charge in [0.05, 0.1) is 19.8 Å². The molecule has 3 heterocycles. The maximum absolute atomic E-state index is 13.0. The molecule has 0 unspecified atom stereocenters. The number of amides is 1. The quantitative estimate of drug-likeness (QED) is 0.745. The maximum atomic E-state index is 13.0. The van der Waals surface area contributed by atoms with E-state index in [1.807, 2.05) is 24.0 Å². The summed E-state index contributed by atoms with van der Waals surface area (Å²) in [5.74, 6) is 0.686. The smallest absolute Gasteiger partial charge is 0.253 e. The summed E-state index contributed by atoms with van der Waals surface area (Å²) in [4.78, 5) is 18.8. The van der Waals surface area contributed by atoms with Gasteiger partial charge in [0.1, 0.15) is 6.61 Å². The van der Waals surface area contributed by atoms with Crippen molar-refractivity contribution in [2.24, 2.45) is 0 Å². The Bertz CT molecular complexity index is 826. The van der Waals surface area contributed by atoms with Gasteiger partial charge in [-0.15, -0.1) is 0 Å². The lowest BCUT2D eigenvalue weighted by molar-refractivity contribution is -0.181. The van der Waals surface area contributed by atoms with E-state index in [0.717, 1.165) is 5.56 Å². The Morgan fingerprint density at radius 2 is 1.79 bits per heavy atom. The number of ether oxygens (including phenoxy) is 4. The highest BCUT2D eigenvalue weighted by molar-refractivity contribution is 5.95.